The fourth-order valence-corrected chi connectivity index (χ4v) is 1.70. The molecule has 0 bridgehead atoms. The molecule has 1 aliphatic rings. The highest BCUT2D eigenvalue weighted by atomic mass is 16.5. The molecule has 1 aromatic rings. The van der Waals surface area contributed by atoms with Crippen molar-refractivity contribution >= 4 is 17.3 Å². The van der Waals surface area contributed by atoms with Gasteiger partial charge in [0.15, 0.2) is 0 Å². The lowest BCUT2D eigenvalue weighted by Crippen LogP contribution is -2.47. The molecular formula is C12H16N2O2. The molecule has 1 heterocycles. The lowest BCUT2D eigenvalue weighted by atomic mass is 10.00. The summed E-state index contributed by atoms with van der Waals surface area (Å²) in [5.41, 5.74) is 1.04. The Bertz CT molecular complexity index is 427. The second-order valence-electron chi connectivity index (χ2n) is 4.32. The molecule has 0 aliphatic carbocycles. The van der Waals surface area contributed by atoms with Gasteiger partial charge in [0.1, 0.15) is 17.0 Å². The van der Waals surface area contributed by atoms with E-state index in [0.717, 1.165) is 11.4 Å². The van der Waals surface area contributed by atoms with Crippen LogP contribution >= 0.6 is 0 Å². The van der Waals surface area contributed by atoms with E-state index in [-0.39, 0.29) is 5.91 Å². The van der Waals surface area contributed by atoms with Gasteiger partial charge in [-0.15, -0.1) is 0 Å². The van der Waals surface area contributed by atoms with Crippen LogP contribution in [0.25, 0.3) is 0 Å². The normalized spacial score (nSPS) is 17.1. The summed E-state index contributed by atoms with van der Waals surface area (Å²) in [7, 11) is 0. The molecule has 4 nitrogen and oxygen atoms in total. The summed E-state index contributed by atoms with van der Waals surface area (Å²) in [6.45, 7) is 6.19. The predicted octanol–water partition coefficient (Wildman–Crippen LogP) is 2.23. The number of fused-ring (bicyclic) bond motifs is 1. The zero-order chi connectivity index (χ0) is 11.8. The molecule has 0 aromatic heterocycles. The maximum atomic E-state index is 11.8. The largest absolute Gasteiger partial charge is 0.492 e. The first-order valence-corrected chi connectivity index (χ1v) is 5.40. The van der Waals surface area contributed by atoms with Gasteiger partial charge >= 0.3 is 0 Å². The van der Waals surface area contributed by atoms with Gasteiger partial charge in [-0.2, -0.15) is 0 Å². The van der Waals surface area contributed by atoms with Gasteiger partial charge < -0.3 is 15.4 Å². The summed E-state index contributed by atoms with van der Waals surface area (Å²) in [5, 5.41) is 6.07. The maximum absolute atomic E-state index is 11.8. The Kier molecular flexibility index (Phi) is 2.50. The second-order valence-corrected chi connectivity index (χ2v) is 4.32. The quantitative estimate of drug-likeness (QED) is 0.803. The number of anilines is 2. The average molecular weight is 220 g/mol. The molecule has 4 heteroatoms. The lowest BCUT2D eigenvalue weighted by Gasteiger charge is -2.33. The number of para-hydroxylation sites is 1. The van der Waals surface area contributed by atoms with E-state index < -0.39 is 5.54 Å². The van der Waals surface area contributed by atoms with Gasteiger partial charge in [-0.1, -0.05) is 6.07 Å². The molecule has 0 radical (unpaired) electrons. The highest BCUT2D eigenvalue weighted by Crippen LogP contribution is 2.37. The Balaban J connectivity index is 2.42. The van der Waals surface area contributed by atoms with E-state index in [9.17, 15) is 4.79 Å². The Labute approximate surface area is 95.0 Å². The van der Waals surface area contributed by atoms with E-state index >= 15 is 0 Å². The number of hydrogen-bond donors (Lipinski definition) is 2. The van der Waals surface area contributed by atoms with Crippen LogP contribution in [-0.4, -0.2) is 18.1 Å². The zero-order valence-corrected chi connectivity index (χ0v) is 9.76. The lowest BCUT2D eigenvalue weighted by molar-refractivity contribution is -0.119. The van der Waals surface area contributed by atoms with Crippen LogP contribution in [0.15, 0.2) is 18.2 Å². The van der Waals surface area contributed by atoms with Crippen LogP contribution in [0, 0.1) is 0 Å². The number of rotatable bonds is 2. The predicted molar refractivity (Wildman–Crippen MR) is 63.9 cm³/mol. The summed E-state index contributed by atoms with van der Waals surface area (Å²) >= 11 is 0. The van der Waals surface area contributed by atoms with Crippen LogP contribution in [0.2, 0.25) is 0 Å². The summed E-state index contributed by atoms with van der Waals surface area (Å²) < 4.78 is 5.47. The summed E-state index contributed by atoms with van der Waals surface area (Å²) in [6, 6.07) is 5.69. The number of carbonyl (C=O) groups is 1. The number of benzene rings is 1. The highest BCUT2D eigenvalue weighted by molar-refractivity contribution is 6.06. The minimum atomic E-state index is -0.585. The van der Waals surface area contributed by atoms with E-state index in [1.165, 1.54) is 0 Å². The van der Waals surface area contributed by atoms with Crippen molar-refractivity contribution in [2.45, 2.75) is 26.3 Å². The Morgan fingerprint density at radius 1 is 1.38 bits per heavy atom. The van der Waals surface area contributed by atoms with E-state index in [1.54, 1.807) is 0 Å². The van der Waals surface area contributed by atoms with Gasteiger partial charge in [0.2, 0.25) is 5.91 Å². The first kappa shape index (κ1) is 10.8. The van der Waals surface area contributed by atoms with Crippen molar-refractivity contribution in [3.8, 4) is 5.75 Å². The van der Waals surface area contributed by atoms with Crippen LogP contribution < -0.4 is 15.4 Å². The molecule has 2 N–H and O–H groups in total. The third-order valence-electron chi connectivity index (χ3n) is 2.58. The van der Waals surface area contributed by atoms with Crippen molar-refractivity contribution in [2.24, 2.45) is 0 Å². The van der Waals surface area contributed by atoms with Crippen molar-refractivity contribution in [1.82, 2.24) is 0 Å². The smallest absolute Gasteiger partial charge is 0.249 e. The van der Waals surface area contributed by atoms with E-state index in [2.05, 4.69) is 10.6 Å². The monoisotopic (exact) mass is 220 g/mol. The van der Waals surface area contributed by atoms with Crippen molar-refractivity contribution in [2.75, 3.05) is 17.2 Å². The van der Waals surface area contributed by atoms with Crippen molar-refractivity contribution in [3.05, 3.63) is 18.2 Å². The standard InChI is InChI=1S/C12H16N2O2/c1-4-16-9-7-5-6-8-10(9)13-11(15)12(2,3)14-8/h5-7,14H,4H2,1-3H3,(H,13,15). The SMILES string of the molecule is CCOc1cccc2c1NC(=O)C(C)(C)N2. The minimum absolute atomic E-state index is 0.0489. The topological polar surface area (TPSA) is 50.4 Å². The minimum Gasteiger partial charge on any atom is -0.492 e. The molecule has 0 spiro atoms. The molecule has 1 aliphatic heterocycles. The second kappa shape index (κ2) is 3.70. The van der Waals surface area contributed by atoms with E-state index in [4.69, 9.17) is 4.74 Å². The Morgan fingerprint density at radius 3 is 2.81 bits per heavy atom. The van der Waals surface area contributed by atoms with Crippen molar-refractivity contribution in [1.29, 1.82) is 0 Å². The number of nitrogens with one attached hydrogen (secondary N) is 2. The van der Waals surface area contributed by atoms with Crippen LogP contribution in [0.3, 0.4) is 0 Å². The Hall–Kier alpha value is -1.71. The van der Waals surface area contributed by atoms with Gasteiger partial charge in [-0.25, -0.2) is 0 Å². The van der Waals surface area contributed by atoms with Crippen molar-refractivity contribution in [3.63, 3.8) is 0 Å². The molecule has 0 atom stereocenters. The molecule has 2 rings (SSSR count). The molecular weight excluding hydrogens is 204 g/mol. The molecule has 0 saturated heterocycles. The third-order valence-corrected chi connectivity index (χ3v) is 2.58. The van der Waals surface area contributed by atoms with Gasteiger partial charge in [0, 0.05) is 0 Å². The van der Waals surface area contributed by atoms with Crippen LogP contribution in [0.5, 0.6) is 5.75 Å². The molecule has 16 heavy (non-hydrogen) atoms. The third kappa shape index (κ3) is 1.71. The first-order chi connectivity index (χ1) is 7.54. The maximum Gasteiger partial charge on any atom is 0.249 e. The molecule has 1 aromatic carbocycles. The molecule has 0 fully saturated rings. The van der Waals surface area contributed by atoms with Gasteiger partial charge in [0.25, 0.3) is 0 Å². The number of amides is 1. The van der Waals surface area contributed by atoms with Crippen molar-refractivity contribution < 1.29 is 9.53 Å². The number of ether oxygens (including phenoxy) is 1. The van der Waals surface area contributed by atoms with Crippen LogP contribution in [0.4, 0.5) is 11.4 Å². The Morgan fingerprint density at radius 2 is 2.12 bits per heavy atom. The molecule has 0 saturated carbocycles. The average Bonchev–Trinajstić information content (AvgIpc) is 2.21. The van der Waals surface area contributed by atoms with E-state index in [1.807, 2.05) is 39.0 Å². The summed E-state index contributed by atoms with van der Waals surface area (Å²) in [6.07, 6.45) is 0. The first-order valence-electron chi connectivity index (χ1n) is 5.40. The fourth-order valence-electron chi connectivity index (χ4n) is 1.70. The van der Waals surface area contributed by atoms with Gasteiger partial charge in [0.05, 0.1) is 12.3 Å². The fraction of sp³-hybridized carbons (Fsp3) is 0.417. The number of hydrogen-bond acceptors (Lipinski definition) is 3. The van der Waals surface area contributed by atoms with Crippen LogP contribution in [0.1, 0.15) is 20.8 Å². The molecule has 0 unspecified atom stereocenters. The number of carbonyl (C=O) groups excluding carboxylic acids is 1. The molecule has 1 amide bonds. The van der Waals surface area contributed by atoms with Gasteiger partial charge in [-0.05, 0) is 32.9 Å². The highest BCUT2D eigenvalue weighted by Gasteiger charge is 2.33. The van der Waals surface area contributed by atoms with Gasteiger partial charge in [-0.3, -0.25) is 4.79 Å². The van der Waals surface area contributed by atoms with Crippen LogP contribution in [-0.2, 0) is 4.79 Å². The summed E-state index contributed by atoms with van der Waals surface area (Å²) in [5.74, 6) is 0.656. The molecule has 86 valence electrons. The zero-order valence-electron chi connectivity index (χ0n) is 9.76. The summed E-state index contributed by atoms with van der Waals surface area (Å²) in [4.78, 5) is 11.8. The van der Waals surface area contributed by atoms with E-state index in [0.29, 0.717) is 12.4 Å².